The smallest absolute Gasteiger partial charge is 0.333 e. The third kappa shape index (κ3) is 3.65. The lowest BCUT2D eigenvalue weighted by molar-refractivity contribution is -0.00527. The molecule has 0 spiro atoms. The van der Waals surface area contributed by atoms with E-state index < -0.39 is 0 Å². The average molecular weight is 749 g/mol. The molecule has 8 bridgehead atoms. The van der Waals surface area contributed by atoms with E-state index in [1.807, 2.05) is 0 Å². The molecule has 0 unspecified atom stereocenters. The SMILES string of the molecule is Cc1cc2c3c(c1)-n1c4c(cccc4c4ccc5ccccc5c41)B3n1c3ccc(C45CC6CC(CC(C6)C4)C5)cc3c3cc(C45CC6CC(CC(C6)C4)C5)cc-2c31. The predicted octanol–water partition coefficient (Wildman–Crippen LogP) is 12.2. The molecule has 10 aliphatic rings. The largest absolute Gasteiger partial charge is 0.375 e. The lowest BCUT2D eigenvalue weighted by Gasteiger charge is -2.57. The van der Waals surface area contributed by atoms with Gasteiger partial charge in [-0.15, -0.1) is 0 Å². The summed E-state index contributed by atoms with van der Waals surface area (Å²) in [4.78, 5) is 0. The summed E-state index contributed by atoms with van der Waals surface area (Å²) in [6, 6.07) is 39.8. The van der Waals surface area contributed by atoms with Crippen molar-refractivity contribution in [1.82, 2.24) is 9.05 Å². The van der Waals surface area contributed by atoms with E-state index in [1.165, 1.54) is 159 Å². The minimum absolute atomic E-state index is 0.126. The molecule has 6 aromatic carbocycles. The van der Waals surface area contributed by atoms with Crippen LogP contribution in [-0.4, -0.2) is 15.9 Å². The molecule has 4 heterocycles. The predicted molar refractivity (Wildman–Crippen MR) is 242 cm³/mol. The first-order valence-electron chi connectivity index (χ1n) is 23.2. The van der Waals surface area contributed by atoms with Crippen LogP contribution in [0, 0.1) is 42.4 Å². The molecule has 2 aromatic heterocycles. The quantitative estimate of drug-likeness (QED) is 0.156. The van der Waals surface area contributed by atoms with Crippen molar-refractivity contribution in [3.05, 3.63) is 114 Å². The molecule has 8 aromatic rings. The second-order valence-electron chi connectivity index (χ2n) is 21.8. The van der Waals surface area contributed by atoms with Crippen LogP contribution in [0.25, 0.3) is 71.2 Å². The van der Waals surface area contributed by atoms with Gasteiger partial charge in [0.2, 0.25) is 0 Å². The zero-order valence-electron chi connectivity index (χ0n) is 33.7. The molecule has 8 saturated carbocycles. The number of fused-ring (bicyclic) bond motifs is 12. The molecule has 0 saturated heterocycles. The Bertz CT molecular complexity index is 3160. The Kier molecular flexibility index (Phi) is 5.46. The van der Waals surface area contributed by atoms with Crippen molar-refractivity contribution in [2.75, 3.05) is 0 Å². The van der Waals surface area contributed by atoms with E-state index in [9.17, 15) is 0 Å². The highest BCUT2D eigenvalue weighted by atomic mass is 15.0. The summed E-state index contributed by atoms with van der Waals surface area (Å²) in [6.45, 7) is 2.48. The van der Waals surface area contributed by atoms with Crippen LogP contribution in [0.15, 0.2) is 97.1 Å². The molecular formula is C55H49BN2. The second kappa shape index (κ2) is 10.2. The number of aryl methyl sites for hydroxylation is 1. The van der Waals surface area contributed by atoms with Crippen LogP contribution < -0.4 is 10.9 Å². The van der Waals surface area contributed by atoms with Crippen molar-refractivity contribution in [3.8, 4) is 16.8 Å². The number of rotatable bonds is 2. The van der Waals surface area contributed by atoms with Crippen molar-refractivity contribution in [2.45, 2.75) is 94.8 Å². The third-order valence-electron chi connectivity index (χ3n) is 18.6. The van der Waals surface area contributed by atoms with Gasteiger partial charge in [0.1, 0.15) is 0 Å². The van der Waals surface area contributed by atoms with Crippen LogP contribution >= 0.6 is 0 Å². The van der Waals surface area contributed by atoms with Gasteiger partial charge in [-0.1, -0.05) is 66.7 Å². The Morgan fingerprint density at radius 3 is 1.86 bits per heavy atom. The van der Waals surface area contributed by atoms with Crippen molar-refractivity contribution < 1.29 is 0 Å². The molecule has 3 heteroatoms. The van der Waals surface area contributed by atoms with Gasteiger partial charge in [0.05, 0.1) is 11.0 Å². The second-order valence-corrected chi connectivity index (χ2v) is 21.8. The maximum Gasteiger partial charge on any atom is 0.333 e. The lowest BCUT2D eigenvalue weighted by Crippen LogP contribution is -2.55. The van der Waals surface area contributed by atoms with Gasteiger partial charge in [-0.2, -0.15) is 0 Å². The number of aromatic nitrogens is 2. The van der Waals surface area contributed by atoms with Gasteiger partial charge < -0.3 is 9.05 Å². The molecule has 282 valence electrons. The number of hydrogen-bond donors (Lipinski definition) is 0. The van der Waals surface area contributed by atoms with Crippen LogP contribution in [0.3, 0.4) is 0 Å². The molecule has 2 nitrogen and oxygen atoms in total. The van der Waals surface area contributed by atoms with Crippen molar-refractivity contribution in [2.24, 2.45) is 35.5 Å². The van der Waals surface area contributed by atoms with E-state index in [4.69, 9.17) is 0 Å². The first-order chi connectivity index (χ1) is 28.5. The molecule has 8 aliphatic carbocycles. The zero-order chi connectivity index (χ0) is 37.4. The highest BCUT2D eigenvalue weighted by Gasteiger charge is 2.54. The van der Waals surface area contributed by atoms with E-state index >= 15 is 0 Å². The summed E-state index contributed by atoms with van der Waals surface area (Å²) in [5, 5.41) is 8.50. The highest BCUT2D eigenvalue weighted by Crippen LogP contribution is 2.63. The number of hydrogen-bond acceptors (Lipinski definition) is 0. The normalized spacial score (nSPS) is 31.8. The molecule has 0 radical (unpaired) electrons. The van der Waals surface area contributed by atoms with E-state index in [0.29, 0.717) is 10.8 Å². The molecular weight excluding hydrogens is 699 g/mol. The molecule has 8 fully saturated rings. The van der Waals surface area contributed by atoms with Crippen LogP contribution in [0.5, 0.6) is 0 Å². The molecule has 0 amide bonds. The monoisotopic (exact) mass is 748 g/mol. The number of nitrogens with zero attached hydrogens (tertiary/aromatic N) is 2. The fourth-order valence-electron chi connectivity index (χ4n) is 17.4. The molecule has 18 rings (SSSR count). The van der Waals surface area contributed by atoms with Crippen molar-refractivity contribution >= 4 is 72.2 Å². The molecule has 58 heavy (non-hydrogen) atoms. The first kappa shape index (κ1) is 31.2. The van der Waals surface area contributed by atoms with Crippen molar-refractivity contribution in [1.29, 1.82) is 0 Å². The Balaban J connectivity index is 1.04. The van der Waals surface area contributed by atoms with Gasteiger partial charge in [0.25, 0.3) is 0 Å². The van der Waals surface area contributed by atoms with Crippen LogP contribution in [-0.2, 0) is 10.8 Å². The van der Waals surface area contributed by atoms with Crippen molar-refractivity contribution in [3.63, 3.8) is 0 Å². The number of benzene rings is 6. The summed E-state index contributed by atoms with van der Waals surface area (Å²) in [7, 11) is 0. The Labute approximate surface area is 340 Å². The molecule has 2 aliphatic heterocycles. The minimum Gasteiger partial charge on any atom is -0.375 e. The maximum absolute atomic E-state index is 2.86. The van der Waals surface area contributed by atoms with Crippen LogP contribution in [0.4, 0.5) is 0 Å². The van der Waals surface area contributed by atoms with Gasteiger partial charge in [-0.05, 0) is 199 Å². The summed E-state index contributed by atoms with van der Waals surface area (Å²) in [5.41, 5.74) is 18.5. The summed E-state index contributed by atoms with van der Waals surface area (Å²) >= 11 is 0. The summed E-state index contributed by atoms with van der Waals surface area (Å²) in [5.74, 6) is 5.62. The maximum atomic E-state index is 2.86. The molecule has 0 N–H and O–H groups in total. The van der Waals surface area contributed by atoms with Crippen LogP contribution in [0.1, 0.15) is 93.7 Å². The standard InChI is InChI=1S/C55H49BN2/c1-30-13-44-46-23-39(55-27-34-18-35(28-55)20-36(19-34)29-55)22-45-43-21-38(54-24-31-15-32(25-54)17-33(16-31)26-54)10-12-48(43)58(52(45)46)56-47-8-4-7-41-42-11-9-37-5-2-3-6-40(37)51(42)57(53(41)47)49(14-30)50(44)56/h2-14,21-23,31-36H,15-20,24-29H2,1H3. The summed E-state index contributed by atoms with van der Waals surface area (Å²) < 4.78 is 5.56. The summed E-state index contributed by atoms with van der Waals surface area (Å²) in [6.07, 6.45) is 17.4. The van der Waals surface area contributed by atoms with E-state index in [-0.39, 0.29) is 6.85 Å². The van der Waals surface area contributed by atoms with Crippen LogP contribution in [0.2, 0.25) is 0 Å². The lowest BCUT2D eigenvalue weighted by atomic mass is 9.45. The topological polar surface area (TPSA) is 9.86 Å². The fraction of sp³-hybridized carbons (Fsp3) is 0.382. The fourth-order valence-corrected chi connectivity index (χ4v) is 17.4. The van der Waals surface area contributed by atoms with Gasteiger partial charge in [-0.25, -0.2) is 0 Å². The van der Waals surface area contributed by atoms with Gasteiger partial charge in [0, 0.05) is 49.2 Å². The minimum atomic E-state index is 0.126. The van der Waals surface area contributed by atoms with Gasteiger partial charge in [0.15, 0.2) is 0 Å². The third-order valence-corrected chi connectivity index (χ3v) is 18.6. The highest BCUT2D eigenvalue weighted by molar-refractivity contribution is 6.90. The van der Waals surface area contributed by atoms with E-state index in [1.54, 1.807) is 16.5 Å². The molecule has 0 atom stereocenters. The first-order valence-corrected chi connectivity index (χ1v) is 23.2. The van der Waals surface area contributed by atoms with Gasteiger partial charge >= 0.3 is 6.85 Å². The zero-order valence-corrected chi connectivity index (χ0v) is 33.7. The number of para-hydroxylation sites is 1. The Morgan fingerprint density at radius 2 is 1.14 bits per heavy atom. The van der Waals surface area contributed by atoms with E-state index in [2.05, 4.69) is 113 Å². The average Bonchev–Trinajstić information content (AvgIpc) is 3.74. The Hall–Kier alpha value is -4.76. The Morgan fingerprint density at radius 1 is 0.500 bits per heavy atom. The van der Waals surface area contributed by atoms with E-state index in [0.717, 1.165) is 35.5 Å². The van der Waals surface area contributed by atoms with Gasteiger partial charge in [-0.3, -0.25) is 0 Å².